The molecule has 2 unspecified atom stereocenters. The molecule has 3 nitrogen and oxygen atoms in total. The van der Waals surface area contributed by atoms with Crippen molar-refractivity contribution in [3.63, 3.8) is 0 Å². The highest BCUT2D eigenvalue weighted by Gasteiger charge is 2.68. The lowest BCUT2D eigenvalue weighted by atomic mass is 9.35. The van der Waals surface area contributed by atoms with Crippen LogP contribution in [-0.2, 0) is 27.6 Å². The molecule has 2 atom stereocenters. The van der Waals surface area contributed by atoms with Crippen molar-refractivity contribution in [2.75, 3.05) is 9.80 Å². The van der Waals surface area contributed by atoms with Gasteiger partial charge in [0.05, 0.1) is 17.0 Å². The van der Waals surface area contributed by atoms with E-state index in [-0.39, 0.29) is 17.5 Å². The predicted molar refractivity (Wildman–Crippen MR) is 228 cm³/mol. The summed E-state index contributed by atoms with van der Waals surface area (Å²) in [7, 11) is 0. The molecule has 55 heavy (non-hydrogen) atoms. The van der Waals surface area contributed by atoms with Crippen molar-refractivity contribution >= 4 is 51.8 Å². The molecule has 3 fully saturated rings. The number of para-hydroxylation sites is 2. The third-order valence-electron chi connectivity index (χ3n) is 15.9. The van der Waals surface area contributed by atoms with Crippen molar-refractivity contribution in [3.8, 4) is 0 Å². The maximum absolute atomic E-state index is 7.26. The molecule has 4 heteroatoms. The number of hydrogen-bond donors (Lipinski definition) is 0. The molecule has 3 heterocycles. The zero-order chi connectivity index (χ0) is 37.2. The van der Waals surface area contributed by atoms with Gasteiger partial charge in [0, 0.05) is 28.3 Å². The number of aryl methyl sites for hydroxylation is 2. The average Bonchev–Trinajstić information content (AvgIpc) is 3.29. The van der Waals surface area contributed by atoms with Crippen molar-refractivity contribution in [3.05, 3.63) is 142 Å². The molecule has 3 aliphatic heterocycles. The molecule has 0 aromatic heterocycles. The van der Waals surface area contributed by atoms with Crippen LogP contribution in [0.2, 0.25) is 0 Å². The lowest BCUT2D eigenvalue weighted by molar-refractivity contribution is -0.0794. The summed E-state index contributed by atoms with van der Waals surface area (Å²) in [6, 6.07) is 37.7. The topological polar surface area (TPSA) is 15.7 Å². The van der Waals surface area contributed by atoms with Crippen molar-refractivity contribution in [1.82, 2.24) is 0 Å². The smallest absolute Gasteiger partial charge is 0.296 e. The molecule has 0 bridgehead atoms. The zero-order valence-electron chi connectivity index (χ0n) is 33.3. The standard InChI is InChI=1S/C51H51BN2O/c1-30-12-10-13-31(2)46(30)54-42-17-11-16-41-45(42)52(40-25-38-39(26-43(40)54)50(5,6)23-22-49(38,3)4)48-47(53(41)36-14-8-7-9-15-36)37-24-35(21-20-34(37)29-55-48)51-27-32-18-19-33(28-51)44(32)51/h7-17,20-21,24-26,32-33,44H,18-19,22-23,27-29H2,1-6H3. The van der Waals surface area contributed by atoms with Gasteiger partial charge in [-0.2, -0.15) is 0 Å². The first-order valence-electron chi connectivity index (χ1n) is 21.1. The Morgan fingerprint density at radius 1 is 0.673 bits per heavy atom. The minimum Gasteiger partial charge on any atom is -0.500 e. The molecule has 5 aromatic carbocycles. The fourth-order valence-electron chi connectivity index (χ4n) is 13.2. The summed E-state index contributed by atoms with van der Waals surface area (Å²) in [5, 5.41) is 0. The third kappa shape index (κ3) is 4.14. The van der Waals surface area contributed by atoms with E-state index in [0.717, 1.165) is 23.4 Å². The number of benzene rings is 5. The maximum atomic E-state index is 7.26. The van der Waals surface area contributed by atoms with Gasteiger partial charge >= 0.3 is 0 Å². The van der Waals surface area contributed by atoms with Gasteiger partial charge in [-0.05, 0) is 167 Å². The fourth-order valence-corrected chi connectivity index (χ4v) is 13.2. The molecule has 0 spiro atoms. The first-order valence-corrected chi connectivity index (χ1v) is 21.1. The second kappa shape index (κ2) is 10.8. The van der Waals surface area contributed by atoms with Gasteiger partial charge in [-0.25, -0.2) is 0 Å². The van der Waals surface area contributed by atoms with Crippen LogP contribution < -0.4 is 20.7 Å². The third-order valence-corrected chi connectivity index (χ3v) is 15.9. The van der Waals surface area contributed by atoms with Gasteiger partial charge in [0.1, 0.15) is 6.61 Å². The highest BCUT2D eigenvalue weighted by Crippen LogP contribution is 2.73. The summed E-state index contributed by atoms with van der Waals surface area (Å²) in [6.45, 7) is 15.0. The Kier molecular flexibility index (Phi) is 6.38. The van der Waals surface area contributed by atoms with Gasteiger partial charge in [0.25, 0.3) is 6.71 Å². The number of rotatable bonds is 3. The van der Waals surface area contributed by atoms with Crippen molar-refractivity contribution in [1.29, 1.82) is 0 Å². The average molecular weight is 719 g/mol. The lowest BCUT2D eigenvalue weighted by Gasteiger charge is -2.64. The largest absolute Gasteiger partial charge is 0.500 e. The van der Waals surface area contributed by atoms with Crippen LogP contribution in [0.4, 0.5) is 28.4 Å². The number of fused-ring (bicyclic) bond motifs is 6. The first-order chi connectivity index (χ1) is 26.6. The Balaban J connectivity index is 1.16. The van der Waals surface area contributed by atoms with E-state index >= 15 is 0 Å². The summed E-state index contributed by atoms with van der Waals surface area (Å²) < 4.78 is 7.26. The van der Waals surface area contributed by atoms with Crippen LogP contribution in [0.1, 0.15) is 105 Å². The van der Waals surface area contributed by atoms with Gasteiger partial charge < -0.3 is 14.5 Å². The number of anilines is 5. The van der Waals surface area contributed by atoms with Crippen LogP contribution in [0, 0.1) is 31.6 Å². The molecular formula is C51H51BN2O. The molecule has 7 aliphatic rings. The van der Waals surface area contributed by atoms with Gasteiger partial charge in [-0.3, -0.25) is 0 Å². The van der Waals surface area contributed by atoms with Crippen LogP contribution >= 0.6 is 0 Å². The molecule has 12 rings (SSSR count). The molecule has 0 amide bonds. The fraction of sp³-hybridized carbons (Fsp3) is 0.373. The van der Waals surface area contributed by atoms with Gasteiger partial charge in [-0.15, -0.1) is 0 Å². The lowest BCUT2D eigenvalue weighted by Crippen LogP contribution is -2.60. The summed E-state index contributed by atoms with van der Waals surface area (Å²) in [5.41, 5.74) is 21.8. The van der Waals surface area contributed by atoms with Crippen molar-refractivity contribution < 1.29 is 4.74 Å². The van der Waals surface area contributed by atoms with Gasteiger partial charge in [0.2, 0.25) is 0 Å². The maximum Gasteiger partial charge on any atom is 0.296 e. The van der Waals surface area contributed by atoms with E-state index in [4.69, 9.17) is 4.74 Å². The van der Waals surface area contributed by atoms with E-state index in [2.05, 4.69) is 148 Å². The Labute approximate surface area is 327 Å². The molecule has 3 saturated carbocycles. The van der Waals surface area contributed by atoms with E-state index in [0.29, 0.717) is 12.0 Å². The molecule has 0 N–H and O–H groups in total. The van der Waals surface area contributed by atoms with Gasteiger partial charge in [-0.1, -0.05) is 88.4 Å². The minimum atomic E-state index is -0.0196. The highest BCUT2D eigenvalue weighted by atomic mass is 16.5. The van der Waals surface area contributed by atoms with Crippen LogP contribution in [0.15, 0.2) is 103 Å². The zero-order valence-corrected chi connectivity index (χ0v) is 33.3. The summed E-state index contributed by atoms with van der Waals surface area (Å²) in [4.78, 5) is 5.18. The predicted octanol–water partition coefficient (Wildman–Crippen LogP) is 11.3. The van der Waals surface area contributed by atoms with E-state index < -0.39 is 0 Å². The van der Waals surface area contributed by atoms with Crippen LogP contribution in [0.25, 0.3) is 5.70 Å². The van der Waals surface area contributed by atoms with E-state index in [1.165, 1.54) is 117 Å². The second-order valence-electron chi connectivity index (χ2n) is 19.7. The number of nitrogens with zero attached hydrogens (tertiary/aromatic N) is 2. The number of hydrogen-bond acceptors (Lipinski definition) is 3. The molecule has 4 aliphatic carbocycles. The Bertz CT molecular complexity index is 2490. The van der Waals surface area contributed by atoms with Crippen LogP contribution in [-0.4, -0.2) is 6.71 Å². The monoisotopic (exact) mass is 718 g/mol. The summed E-state index contributed by atoms with van der Waals surface area (Å²) >= 11 is 0. The Morgan fingerprint density at radius 3 is 2.04 bits per heavy atom. The normalized spacial score (nSPS) is 26.7. The van der Waals surface area contributed by atoms with E-state index in [9.17, 15) is 0 Å². The SMILES string of the molecule is Cc1cccc(C)c1N1c2cc3c(cc2B2C4=C(c5cc(C67CC8CCC(C6)C87)ccc5CO4)N(c4ccccc4)c4cccc1c42)C(C)(C)CCC3(C)C. The van der Waals surface area contributed by atoms with Crippen molar-refractivity contribution in [2.24, 2.45) is 17.8 Å². The van der Waals surface area contributed by atoms with Gasteiger partial charge in [0.15, 0.2) is 0 Å². The minimum absolute atomic E-state index is 0.0196. The van der Waals surface area contributed by atoms with Crippen molar-refractivity contribution in [2.45, 2.75) is 103 Å². The van der Waals surface area contributed by atoms with E-state index in [1.54, 1.807) is 5.56 Å². The van der Waals surface area contributed by atoms with Crippen LogP contribution in [0.3, 0.4) is 0 Å². The highest BCUT2D eigenvalue weighted by molar-refractivity contribution is 6.95. The molecule has 274 valence electrons. The molecule has 0 radical (unpaired) electrons. The van der Waals surface area contributed by atoms with Crippen LogP contribution in [0.5, 0.6) is 0 Å². The van der Waals surface area contributed by atoms with E-state index in [1.807, 2.05) is 0 Å². The molecule has 5 aromatic rings. The second-order valence-corrected chi connectivity index (χ2v) is 19.7. The number of ether oxygens (including phenoxy) is 1. The summed E-state index contributed by atoms with van der Waals surface area (Å²) in [5.74, 6) is 2.80. The summed E-state index contributed by atoms with van der Waals surface area (Å²) in [6.07, 6.45) is 8.03. The quantitative estimate of drug-likeness (QED) is 0.173. The Hall–Kier alpha value is -4.70. The first kappa shape index (κ1) is 32.5. The Morgan fingerprint density at radius 2 is 1.33 bits per heavy atom. The molecular weight excluding hydrogens is 667 g/mol. The molecule has 0 saturated heterocycles.